The van der Waals surface area contributed by atoms with Crippen molar-refractivity contribution in [2.75, 3.05) is 0 Å². The zero-order chi connectivity index (χ0) is 16.7. The predicted octanol–water partition coefficient (Wildman–Crippen LogP) is 2.78. The van der Waals surface area contributed by atoms with Gasteiger partial charge in [-0.15, -0.1) is 0 Å². The molecule has 1 aromatic carbocycles. The number of halogens is 4. The Hall–Kier alpha value is -2.78. The highest BCUT2D eigenvalue weighted by Gasteiger charge is 2.50. The third-order valence-corrected chi connectivity index (χ3v) is 2.79. The highest BCUT2D eigenvalue weighted by atomic mass is 19.3. The molecule has 0 aliphatic carbocycles. The van der Waals surface area contributed by atoms with Gasteiger partial charge >= 0.3 is 12.3 Å². The fraction of sp³-hybridized carbons (Fsp3) is 0.167. The van der Waals surface area contributed by atoms with Crippen LogP contribution in [0.4, 0.5) is 23.2 Å². The number of Topliss-reactive ketones (excluding diaryl/α,β-unsaturated/α-hetero) is 1. The molecule has 0 aliphatic heterocycles. The van der Waals surface area contributed by atoms with E-state index >= 15 is 0 Å². The Bertz CT molecular complexity index is 830. The lowest BCUT2D eigenvalue weighted by atomic mass is 10.1. The van der Waals surface area contributed by atoms with E-state index in [4.69, 9.17) is 4.42 Å². The molecule has 0 atom stereocenters. The highest BCUT2D eigenvalue weighted by Crippen LogP contribution is 2.27. The minimum atomic E-state index is -5.07. The van der Waals surface area contributed by atoms with Gasteiger partial charge < -0.3 is 4.42 Å². The number of hydrogen-bond donors (Lipinski definition) is 0. The van der Waals surface area contributed by atoms with Crippen LogP contribution in [-0.4, -0.2) is 23.1 Å². The van der Waals surface area contributed by atoms with Crippen LogP contribution in [0.1, 0.15) is 10.4 Å². The smallest absolute Gasteiger partial charge is 0.369 e. The van der Waals surface area contributed by atoms with E-state index in [0.717, 1.165) is 12.1 Å². The average Bonchev–Trinajstić information content (AvgIpc) is 2.46. The second-order valence-electron chi connectivity index (χ2n) is 4.17. The molecular formula is C12H5F4NO5. The van der Waals surface area contributed by atoms with Crippen molar-refractivity contribution in [2.45, 2.75) is 12.3 Å². The van der Waals surface area contributed by atoms with E-state index in [2.05, 4.69) is 0 Å². The molecular weight excluding hydrogens is 314 g/mol. The van der Waals surface area contributed by atoms with Gasteiger partial charge in [0.05, 0.1) is 10.3 Å². The summed E-state index contributed by atoms with van der Waals surface area (Å²) in [6.07, 6.45) is -3.98. The molecule has 0 radical (unpaired) electrons. The number of alkyl halides is 4. The molecule has 1 heterocycles. The van der Waals surface area contributed by atoms with Gasteiger partial charge in [0.25, 0.3) is 5.69 Å². The minimum absolute atomic E-state index is 0.215. The van der Waals surface area contributed by atoms with Gasteiger partial charge in [0.15, 0.2) is 0 Å². The lowest BCUT2D eigenvalue weighted by Crippen LogP contribution is -2.39. The Morgan fingerprint density at radius 3 is 2.50 bits per heavy atom. The lowest BCUT2D eigenvalue weighted by molar-refractivity contribution is -0.384. The van der Waals surface area contributed by atoms with Gasteiger partial charge in [-0.1, -0.05) is 0 Å². The molecule has 0 spiro atoms. The van der Waals surface area contributed by atoms with E-state index in [-0.39, 0.29) is 5.58 Å². The number of nitrogens with zero attached hydrogens (tertiary/aromatic N) is 1. The van der Waals surface area contributed by atoms with Gasteiger partial charge in [0.1, 0.15) is 17.4 Å². The predicted molar refractivity (Wildman–Crippen MR) is 64.4 cm³/mol. The van der Waals surface area contributed by atoms with Crippen LogP contribution in [0.2, 0.25) is 0 Å². The number of nitro groups is 1. The number of hydrogen-bond acceptors (Lipinski definition) is 5. The van der Waals surface area contributed by atoms with Crippen molar-refractivity contribution < 1.29 is 31.7 Å². The average molecular weight is 319 g/mol. The summed E-state index contributed by atoms with van der Waals surface area (Å²) >= 11 is 0. The zero-order valence-corrected chi connectivity index (χ0v) is 10.4. The SMILES string of the molecule is O=C(c1coc2ccc([N+](=O)[O-])cc2c1=O)C(F)(F)C(F)F. The number of ketones is 1. The van der Waals surface area contributed by atoms with Crippen LogP contribution in [-0.2, 0) is 0 Å². The second-order valence-corrected chi connectivity index (χ2v) is 4.17. The molecule has 2 aromatic rings. The first kappa shape index (κ1) is 15.6. The van der Waals surface area contributed by atoms with Crippen molar-refractivity contribution in [3.05, 3.63) is 50.4 Å². The van der Waals surface area contributed by atoms with E-state index < -0.39 is 45.1 Å². The van der Waals surface area contributed by atoms with E-state index in [0.29, 0.717) is 12.3 Å². The Kier molecular flexibility index (Phi) is 3.69. The first-order valence-electron chi connectivity index (χ1n) is 5.57. The van der Waals surface area contributed by atoms with Crippen LogP contribution in [0.5, 0.6) is 0 Å². The number of fused-ring (bicyclic) bond motifs is 1. The van der Waals surface area contributed by atoms with Crippen molar-refractivity contribution in [3.63, 3.8) is 0 Å². The van der Waals surface area contributed by atoms with Crippen LogP contribution in [0.3, 0.4) is 0 Å². The van der Waals surface area contributed by atoms with Crippen molar-refractivity contribution in [3.8, 4) is 0 Å². The van der Waals surface area contributed by atoms with Crippen LogP contribution < -0.4 is 5.43 Å². The van der Waals surface area contributed by atoms with Crippen LogP contribution >= 0.6 is 0 Å². The summed E-state index contributed by atoms with van der Waals surface area (Å²) in [4.78, 5) is 33.0. The fourth-order valence-electron chi connectivity index (χ4n) is 1.67. The normalized spacial score (nSPS) is 11.9. The number of nitro benzene ring substituents is 1. The van der Waals surface area contributed by atoms with Crippen LogP contribution in [0.15, 0.2) is 33.7 Å². The molecule has 2 rings (SSSR count). The minimum Gasteiger partial charge on any atom is -0.463 e. The third-order valence-electron chi connectivity index (χ3n) is 2.79. The third kappa shape index (κ3) is 2.43. The zero-order valence-electron chi connectivity index (χ0n) is 10.4. The summed E-state index contributed by atoms with van der Waals surface area (Å²) < 4.78 is 55.1. The van der Waals surface area contributed by atoms with Crippen molar-refractivity contribution >= 4 is 22.4 Å². The van der Waals surface area contributed by atoms with Gasteiger partial charge in [-0.2, -0.15) is 8.78 Å². The van der Waals surface area contributed by atoms with Gasteiger partial charge in [0, 0.05) is 12.1 Å². The van der Waals surface area contributed by atoms with Gasteiger partial charge in [-0.3, -0.25) is 19.7 Å². The highest BCUT2D eigenvalue weighted by molar-refractivity contribution is 6.03. The molecule has 1 aromatic heterocycles. The number of carbonyl (C=O) groups excluding carboxylic acids is 1. The maximum Gasteiger partial charge on any atom is 0.369 e. The van der Waals surface area contributed by atoms with Gasteiger partial charge in [-0.05, 0) is 6.07 Å². The molecule has 0 amide bonds. The Labute approximate surface area is 118 Å². The van der Waals surface area contributed by atoms with Crippen LogP contribution in [0.25, 0.3) is 11.0 Å². The van der Waals surface area contributed by atoms with E-state index in [1.54, 1.807) is 0 Å². The molecule has 0 fully saturated rings. The summed E-state index contributed by atoms with van der Waals surface area (Å²) in [7, 11) is 0. The summed E-state index contributed by atoms with van der Waals surface area (Å²) in [6, 6.07) is 2.72. The van der Waals surface area contributed by atoms with Crippen LogP contribution in [0, 0.1) is 10.1 Å². The molecule has 10 heteroatoms. The first-order valence-corrected chi connectivity index (χ1v) is 5.57. The number of carbonyl (C=O) groups is 1. The Balaban J connectivity index is 2.67. The molecule has 0 saturated heterocycles. The fourth-order valence-corrected chi connectivity index (χ4v) is 1.67. The molecule has 0 saturated carbocycles. The largest absolute Gasteiger partial charge is 0.463 e. The molecule has 0 aliphatic rings. The summed E-state index contributed by atoms with van der Waals surface area (Å²) in [5.41, 5.74) is -3.42. The lowest BCUT2D eigenvalue weighted by Gasteiger charge is -2.13. The van der Waals surface area contributed by atoms with E-state index in [9.17, 15) is 37.3 Å². The van der Waals surface area contributed by atoms with Crippen molar-refractivity contribution in [1.82, 2.24) is 0 Å². The topological polar surface area (TPSA) is 90.4 Å². The quantitative estimate of drug-likeness (QED) is 0.374. The summed E-state index contributed by atoms with van der Waals surface area (Å²) in [5.74, 6) is -7.48. The molecule has 0 unspecified atom stereocenters. The summed E-state index contributed by atoms with van der Waals surface area (Å²) in [6.45, 7) is 0. The maximum atomic E-state index is 13.0. The molecule has 116 valence electrons. The molecule has 6 nitrogen and oxygen atoms in total. The molecule has 0 bridgehead atoms. The number of benzene rings is 1. The number of non-ortho nitro benzene ring substituents is 1. The van der Waals surface area contributed by atoms with E-state index in [1.807, 2.05) is 0 Å². The first-order chi connectivity index (χ1) is 10.2. The van der Waals surface area contributed by atoms with Crippen molar-refractivity contribution in [2.24, 2.45) is 0 Å². The summed E-state index contributed by atoms with van der Waals surface area (Å²) in [5, 5.41) is 10.1. The molecule has 22 heavy (non-hydrogen) atoms. The Morgan fingerprint density at radius 2 is 1.95 bits per heavy atom. The monoisotopic (exact) mass is 319 g/mol. The van der Waals surface area contributed by atoms with Crippen molar-refractivity contribution in [1.29, 1.82) is 0 Å². The van der Waals surface area contributed by atoms with E-state index in [1.165, 1.54) is 0 Å². The second kappa shape index (κ2) is 5.20. The maximum absolute atomic E-state index is 13.0. The molecule has 0 N–H and O–H groups in total. The Morgan fingerprint density at radius 1 is 1.32 bits per heavy atom. The number of rotatable bonds is 4. The standard InChI is InChI=1S/C12H5F4NO5/c13-11(14)12(15,16)10(19)7-4-22-8-2-1-5(17(20)21)3-6(8)9(7)18/h1-4,11H. The van der Waals surface area contributed by atoms with Gasteiger partial charge in [-0.25, -0.2) is 8.78 Å². The van der Waals surface area contributed by atoms with Gasteiger partial charge in [0.2, 0.25) is 11.2 Å².